The van der Waals surface area contributed by atoms with Crippen LogP contribution in [0.3, 0.4) is 0 Å². The molecule has 1 heteroatoms. The van der Waals surface area contributed by atoms with E-state index in [0.29, 0.717) is 5.92 Å². The average molecular weight is 834 g/mol. The van der Waals surface area contributed by atoms with Gasteiger partial charge in [0.1, 0.15) is 0 Å². The lowest BCUT2D eigenvalue weighted by molar-refractivity contribution is 0.327. The van der Waals surface area contributed by atoms with Crippen molar-refractivity contribution in [3.63, 3.8) is 0 Å². The van der Waals surface area contributed by atoms with Gasteiger partial charge in [-0.3, -0.25) is 0 Å². The van der Waals surface area contributed by atoms with Crippen molar-refractivity contribution in [2.45, 2.75) is 50.4 Å². The zero-order valence-electron chi connectivity index (χ0n) is 37.1. The molecule has 65 heavy (non-hydrogen) atoms. The molecule has 2 saturated carbocycles. The predicted molar refractivity (Wildman–Crippen MR) is 272 cm³/mol. The lowest BCUT2D eigenvalue weighted by Crippen LogP contribution is -2.32. The second-order valence-electron chi connectivity index (χ2n) is 19.6. The smallest absolute Gasteiger partial charge is 0.0465 e. The molecular weight excluding hydrogens is 783 g/mol. The van der Waals surface area contributed by atoms with Crippen molar-refractivity contribution in [2.24, 2.45) is 11.8 Å². The Morgan fingerprint density at radius 2 is 0.846 bits per heavy atom. The lowest BCUT2D eigenvalue weighted by atomic mass is 9.67. The van der Waals surface area contributed by atoms with Crippen LogP contribution in [0.1, 0.15) is 61.8 Å². The van der Waals surface area contributed by atoms with E-state index in [1.807, 2.05) is 0 Å². The third-order valence-electron chi connectivity index (χ3n) is 16.0. The van der Waals surface area contributed by atoms with Crippen molar-refractivity contribution in [1.82, 2.24) is 0 Å². The van der Waals surface area contributed by atoms with Gasteiger partial charge >= 0.3 is 0 Å². The normalized spacial score (nSPS) is 19.2. The zero-order chi connectivity index (χ0) is 43.3. The van der Waals surface area contributed by atoms with Crippen LogP contribution >= 0.6 is 0 Å². The minimum atomic E-state index is -0.102. The molecule has 3 unspecified atom stereocenters. The van der Waals surface area contributed by atoms with Gasteiger partial charge in [0.2, 0.25) is 0 Å². The summed E-state index contributed by atoms with van der Waals surface area (Å²) in [5, 5.41) is 0. The van der Waals surface area contributed by atoms with Gasteiger partial charge in [-0.15, -0.1) is 0 Å². The van der Waals surface area contributed by atoms with E-state index in [0.717, 1.165) is 17.3 Å². The van der Waals surface area contributed by atoms with Gasteiger partial charge in [0.15, 0.2) is 0 Å². The molecule has 1 spiro atoms. The van der Waals surface area contributed by atoms with Gasteiger partial charge in [-0.25, -0.2) is 0 Å². The molecule has 0 N–H and O–H groups in total. The molecule has 312 valence electrons. The van der Waals surface area contributed by atoms with Crippen LogP contribution in [0.15, 0.2) is 212 Å². The van der Waals surface area contributed by atoms with Crippen molar-refractivity contribution in [1.29, 1.82) is 0 Å². The Morgan fingerprint density at radius 1 is 0.369 bits per heavy atom. The van der Waals surface area contributed by atoms with Gasteiger partial charge in [-0.1, -0.05) is 196 Å². The van der Waals surface area contributed by atoms with Gasteiger partial charge in [0.05, 0.1) is 0 Å². The number of nitrogens with zero attached hydrogens (tertiary/aromatic N) is 1. The van der Waals surface area contributed by atoms with Crippen LogP contribution < -0.4 is 4.90 Å². The fourth-order valence-corrected chi connectivity index (χ4v) is 13.1. The summed E-state index contributed by atoms with van der Waals surface area (Å²) in [7, 11) is 0. The highest BCUT2D eigenvalue weighted by Crippen LogP contribution is 2.66. The summed E-state index contributed by atoms with van der Waals surface area (Å²) >= 11 is 0. The molecule has 0 heterocycles. The number of rotatable bonds is 7. The molecule has 4 aliphatic rings. The van der Waals surface area contributed by atoms with E-state index in [2.05, 4.69) is 231 Å². The molecule has 2 fully saturated rings. The monoisotopic (exact) mass is 833 g/mol. The van der Waals surface area contributed by atoms with Gasteiger partial charge in [-0.05, 0) is 157 Å². The largest absolute Gasteiger partial charge is 0.310 e. The first kappa shape index (κ1) is 38.3. The first-order chi connectivity index (χ1) is 32.0. The summed E-state index contributed by atoms with van der Waals surface area (Å²) in [6.45, 7) is 4.77. The van der Waals surface area contributed by atoms with Crippen LogP contribution in [0.4, 0.5) is 17.1 Å². The highest BCUT2D eigenvalue weighted by molar-refractivity contribution is 5.94. The first-order valence-electron chi connectivity index (χ1n) is 23.7. The van der Waals surface area contributed by atoms with Crippen LogP contribution in [-0.4, -0.2) is 0 Å². The van der Waals surface area contributed by atoms with Crippen LogP contribution in [0.25, 0.3) is 66.8 Å². The van der Waals surface area contributed by atoms with E-state index in [4.69, 9.17) is 0 Å². The number of hydrogen-bond donors (Lipinski definition) is 0. The topological polar surface area (TPSA) is 3.24 Å². The number of fused-ring (bicyclic) bond motifs is 11. The van der Waals surface area contributed by atoms with Crippen molar-refractivity contribution in [3.8, 4) is 66.8 Å². The molecule has 13 rings (SSSR count). The molecule has 0 amide bonds. The Labute approximate surface area is 383 Å². The van der Waals surface area contributed by atoms with Crippen molar-refractivity contribution < 1.29 is 0 Å². The van der Waals surface area contributed by atoms with E-state index in [-0.39, 0.29) is 10.8 Å². The Kier molecular flexibility index (Phi) is 8.63. The van der Waals surface area contributed by atoms with E-state index in [9.17, 15) is 0 Å². The second kappa shape index (κ2) is 14.7. The minimum Gasteiger partial charge on any atom is -0.310 e. The maximum absolute atomic E-state index is 2.57. The molecule has 3 atom stereocenters. The number of benzene rings is 9. The molecule has 9 aromatic carbocycles. The van der Waals surface area contributed by atoms with Crippen molar-refractivity contribution >= 4 is 17.1 Å². The minimum absolute atomic E-state index is 0.102. The summed E-state index contributed by atoms with van der Waals surface area (Å²) in [6, 6.07) is 79.7. The maximum atomic E-state index is 2.57. The number of anilines is 3. The third-order valence-corrected chi connectivity index (χ3v) is 16.0. The Balaban J connectivity index is 0.909. The summed E-state index contributed by atoms with van der Waals surface area (Å²) in [4.78, 5) is 2.49. The molecule has 4 aliphatic carbocycles. The second-order valence-corrected chi connectivity index (χ2v) is 19.6. The molecule has 2 bridgehead atoms. The highest BCUT2D eigenvalue weighted by atomic mass is 15.1. The SMILES string of the molecule is CC1(C)c2ccccc2-c2cccc(-c3ccccc3-c3ccc(N(c4ccc(-c5ccc(-c6ccccc6)cc5)cc4)c4ccc5c(c4)C4(CC6CCC4C6)c4ccccc4-5)cc3)c21. The Hall–Kier alpha value is -7.22. The Morgan fingerprint density at radius 3 is 1.48 bits per heavy atom. The summed E-state index contributed by atoms with van der Waals surface area (Å²) in [5.41, 5.74) is 25.0. The van der Waals surface area contributed by atoms with Crippen molar-refractivity contribution in [3.05, 3.63) is 235 Å². The number of hydrogen-bond acceptors (Lipinski definition) is 1. The fourth-order valence-electron chi connectivity index (χ4n) is 13.1. The quantitative estimate of drug-likeness (QED) is 0.155. The molecule has 0 saturated heterocycles. The molecule has 0 aliphatic heterocycles. The average Bonchev–Trinajstić information content (AvgIpc) is 4.12. The lowest BCUT2D eigenvalue weighted by Gasteiger charge is -2.37. The van der Waals surface area contributed by atoms with E-state index in [1.165, 1.54) is 115 Å². The van der Waals surface area contributed by atoms with Crippen LogP contribution in [0.2, 0.25) is 0 Å². The molecule has 9 aromatic rings. The summed E-state index contributed by atoms with van der Waals surface area (Å²) < 4.78 is 0. The zero-order valence-corrected chi connectivity index (χ0v) is 37.1. The van der Waals surface area contributed by atoms with E-state index < -0.39 is 0 Å². The van der Waals surface area contributed by atoms with Crippen LogP contribution in [-0.2, 0) is 10.8 Å². The summed E-state index contributed by atoms with van der Waals surface area (Å²) in [6.07, 6.45) is 5.34. The predicted octanol–water partition coefficient (Wildman–Crippen LogP) is 17.2. The van der Waals surface area contributed by atoms with Gasteiger partial charge in [0.25, 0.3) is 0 Å². The summed E-state index contributed by atoms with van der Waals surface area (Å²) in [5.74, 6) is 1.53. The molecular formula is C64H51N. The molecule has 0 aromatic heterocycles. The molecule has 1 nitrogen and oxygen atoms in total. The van der Waals surface area contributed by atoms with Gasteiger partial charge in [-0.2, -0.15) is 0 Å². The van der Waals surface area contributed by atoms with Crippen molar-refractivity contribution in [2.75, 3.05) is 4.90 Å². The maximum Gasteiger partial charge on any atom is 0.0465 e. The van der Waals surface area contributed by atoms with Gasteiger partial charge < -0.3 is 4.90 Å². The van der Waals surface area contributed by atoms with Crippen LogP contribution in [0, 0.1) is 11.8 Å². The fraction of sp³-hybridized carbons (Fsp3) is 0.156. The molecule has 0 radical (unpaired) electrons. The first-order valence-corrected chi connectivity index (χ1v) is 23.7. The van der Waals surface area contributed by atoms with Gasteiger partial charge in [0, 0.05) is 27.9 Å². The Bertz CT molecular complexity index is 3280. The van der Waals surface area contributed by atoms with E-state index in [1.54, 1.807) is 5.56 Å². The van der Waals surface area contributed by atoms with Crippen LogP contribution in [0.5, 0.6) is 0 Å². The standard InChI is InChI=1S/C64H51N/c1-63(2)59-21-10-8-18-55(59)58-20-12-19-57(62(58)63)53-16-7-6-15-52(53)47-30-35-50(36-31-47)65(49-33-28-46(29-34-49)45-26-24-44(25-27-45)43-13-4-3-5-14-43)51-37-38-56-54-17-9-11-22-60(54)64(61(56)40-51)41-42-23-32-48(64)39-42/h3-22,24-31,33-38,40,42,48H,23,32,39,41H2,1-2H3. The van der Waals surface area contributed by atoms with E-state index >= 15 is 0 Å². The highest BCUT2D eigenvalue weighted by Gasteiger charge is 2.56. The third kappa shape index (κ3) is 5.84.